The summed E-state index contributed by atoms with van der Waals surface area (Å²) in [6.45, 7) is 3.09. The number of rotatable bonds is 8. The van der Waals surface area contributed by atoms with Crippen molar-refractivity contribution in [3.63, 3.8) is 0 Å². The van der Waals surface area contributed by atoms with Crippen molar-refractivity contribution in [1.82, 2.24) is 10.2 Å². The highest BCUT2D eigenvalue weighted by atomic mass is 16.5. The second kappa shape index (κ2) is 8.89. The molecule has 1 atom stereocenters. The van der Waals surface area contributed by atoms with Crippen LogP contribution in [-0.2, 0) is 14.3 Å². The minimum absolute atomic E-state index is 0.0747. The number of hydrogen-bond acceptors (Lipinski definition) is 4. The van der Waals surface area contributed by atoms with Crippen molar-refractivity contribution in [2.75, 3.05) is 13.7 Å². The van der Waals surface area contributed by atoms with Gasteiger partial charge >= 0.3 is 12.1 Å². The molecule has 2 amide bonds. The largest absolute Gasteiger partial charge is 0.480 e. The van der Waals surface area contributed by atoms with E-state index in [9.17, 15) is 19.5 Å². The number of benzene rings is 2. The lowest BCUT2D eigenvalue weighted by molar-refractivity contribution is -0.156. The Morgan fingerprint density at radius 3 is 2.12 bits per heavy atom. The SMILES string of the molecule is CN(C(=O)[C@H](CC1CC1)NC(=O)OCC1c2ccccc2-c2ccccc21)C(C)(C)C(=O)O. The lowest BCUT2D eigenvalue weighted by Crippen LogP contribution is -2.57. The van der Waals surface area contributed by atoms with E-state index in [0.717, 1.165) is 35.1 Å². The van der Waals surface area contributed by atoms with Crippen LogP contribution in [0.4, 0.5) is 4.79 Å². The van der Waals surface area contributed by atoms with E-state index in [4.69, 9.17) is 4.74 Å². The van der Waals surface area contributed by atoms with Crippen molar-refractivity contribution in [2.24, 2.45) is 5.92 Å². The Labute approximate surface area is 193 Å². The quantitative estimate of drug-likeness (QED) is 0.633. The van der Waals surface area contributed by atoms with Gasteiger partial charge in [0, 0.05) is 13.0 Å². The molecular formula is C26H30N2O5. The van der Waals surface area contributed by atoms with E-state index in [1.165, 1.54) is 25.8 Å². The molecule has 7 heteroatoms. The van der Waals surface area contributed by atoms with Crippen LogP contribution in [0.15, 0.2) is 48.5 Å². The van der Waals surface area contributed by atoms with Crippen LogP contribution < -0.4 is 5.32 Å². The highest BCUT2D eigenvalue weighted by Gasteiger charge is 2.40. The lowest BCUT2D eigenvalue weighted by atomic mass is 9.98. The molecule has 2 aliphatic rings. The van der Waals surface area contributed by atoms with Gasteiger partial charge in [0.15, 0.2) is 0 Å². The van der Waals surface area contributed by atoms with E-state index in [2.05, 4.69) is 17.4 Å². The maximum absolute atomic E-state index is 13.1. The zero-order valence-electron chi connectivity index (χ0n) is 19.2. The van der Waals surface area contributed by atoms with E-state index in [1.807, 2.05) is 36.4 Å². The topological polar surface area (TPSA) is 95.9 Å². The molecule has 0 radical (unpaired) electrons. The fraction of sp³-hybridized carbons (Fsp3) is 0.423. The molecule has 0 unspecified atom stereocenters. The summed E-state index contributed by atoms with van der Waals surface area (Å²) in [6, 6.07) is 15.3. The maximum Gasteiger partial charge on any atom is 0.407 e. The molecule has 1 saturated carbocycles. The summed E-state index contributed by atoms with van der Waals surface area (Å²) in [6.07, 6.45) is 1.81. The Balaban J connectivity index is 1.44. The molecule has 4 rings (SSSR count). The number of amides is 2. The van der Waals surface area contributed by atoms with E-state index in [0.29, 0.717) is 12.3 Å². The zero-order chi connectivity index (χ0) is 23.8. The van der Waals surface area contributed by atoms with Gasteiger partial charge in [-0.15, -0.1) is 0 Å². The summed E-state index contributed by atoms with van der Waals surface area (Å²) in [5, 5.41) is 12.2. The molecule has 0 saturated heterocycles. The van der Waals surface area contributed by atoms with Crippen LogP contribution in [0, 0.1) is 5.92 Å². The van der Waals surface area contributed by atoms with E-state index >= 15 is 0 Å². The first-order chi connectivity index (χ1) is 15.7. The van der Waals surface area contributed by atoms with Crippen LogP contribution in [0.5, 0.6) is 0 Å². The average Bonchev–Trinajstić information content (AvgIpc) is 3.56. The van der Waals surface area contributed by atoms with Gasteiger partial charge in [-0.05, 0) is 48.4 Å². The molecule has 0 bridgehead atoms. The second-order valence-corrected chi connectivity index (χ2v) is 9.46. The van der Waals surface area contributed by atoms with Gasteiger partial charge in [0.2, 0.25) is 5.91 Å². The molecule has 0 heterocycles. The molecule has 0 aliphatic heterocycles. The molecule has 7 nitrogen and oxygen atoms in total. The lowest BCUT2D eigenvalue weighted by Gasteiger charge is -2.34. The number of hydrogen-bond donors (Lipinski definition) is 2. The number of ether oxygens (including phenoxy) is 1. The first-order valence-electron chi connectivity index (χ1n) is 11.3. The number of carbonyl (C=O) groups excluding carboxylic acids is 2. The van der Waals surface area contributed by atoms with Gasteiger partial charge in [-0.25, -0.2) is 9.59 Å². The number of nitrogens with zero attached hydrogens (tertiary/aromatic N) is 1. The normalized spacial score (nSPS) is 15.8. The van der Waals surface area contributed by atoms with Crippen molar-refractivity contribution in [1.29, 1.82) is 0 Å². The Morgan fingerprint density at radius 2 is 1.61 bits per heavy atom. The Morgan fingerprint density at radius 1 is 1.06 bits per heavy atom. The minimum atomic E-state index is -1.39. The van der Waals surface area contributed by atoms with Gasteiger partial charge in [-0.3, -0.25) is 4.79 Å². The average molecular weight is 451 g/mol. The number of carbonyl (C=O) groups is 3. The molecular weight excluding hydrogens is 420 g/mol. The van der Waals surface area contributed by atoms with Crippen molar-refractivity contribution in [3.8, 4) is 11.1 Å². The van der Waals surface area contributed by atoms with Crippen molar-refractivity contribution in [3.05, 3.63) is 59.7 Å². The zero-order valence-corrected chi connectivity index (χ0v) is 19.2. The van der Waals surface area contributed by atoms with Crippen molar-refractivity contribution < 1.29 is 24.2 Å². The molecule has 0 spiro atoms. The number of nitrogens with one attached hydrogen (secondary N) is 1. The number of aliphatic carboxylic acids is 1. The Bertz CT molecular complexity index is 1030. The third-order valence-corrected chi connectivity index (χ3v) is 6.89. The summed E-state index contributed by atoms with van der Waals surface area (Å²) >= 11 is 0. The van der Waals surface area contributed by atoms with E-state index < -0.39 is 29.6 Å². The Hall–Kier alpha value is -3.35. The molecule has 174 valence electrons. The van der Waals surface area contributed by atoms with Crippen molar-refractivity contribution in [2.45, 2.75) is 50.6 Å². The maximum atomic E-state index is 13.1. The molecule has 33 heavy (non-hydrogen) atoms. The highest BCUT2D eigenvalue weighted by molar-refractivity contribution is 5.90. The Kier molecular flexibility index (Phi) is 6.15. The smallest absolute Gasteiger partial charge is 0.407 e. The van der Waals surface area contributed by atoms with Crippen LogP contribution >= 0.6 is 0 Å². The van der Waals surface area contributed by atoms with Gasteiger partial charge in [-0.1, -0.05) is 61.4 Å². The third-order valence-electron chi connectivity index (χ3n) is 6.89. The summed E-state index contributed by atoms with van der Waals surface area (Å²) in [4.78, 5) is 38.6. The first kappa shape index (κ1) is 22.8. The first-order valence-corrected chi connectivity index (χ1v) is 11.3. The minimum Gasteiger partial charge on any atom is -0.480 e. The van der Waals surface area contributed by atoms with Crippen LogP contribution in [0.2, 0.25) is 0 Å². The highest BCUT2D eigenvalue weighted by Crippen LogP contribution is 2.44. The third kappa shape index (κ3) is 4.58. The number of likely N-dealkylation sites (N-methyl/N-ethyl adjacent to an activating group) is 1. The standard InChI is InChI=1S/C26H30N2O5/c1-26(2,24(30)31)28(3)23(29)22(14-16-12-13-16)27-25(32)33-15-21-19-10-6-4-8-17(19)18-9-5-7-11-20(18)21/h4-11,16,21-22H,12-15H2,1-3H3,(H,27,32)(H,30,31)/t22-/m0/s1. The monoisotopic (exact) mass is 450 g/mol. The predicted molar refractivity (Wildman–Crippen MR) is 124 cm³/mol. The van der Waals surface area contributed by atoms with E-state index in [1.54, 1.807) is 0 Å². The van der Waals surface area contributed by atoms with Crippen molar-refractivity contribution >= 4 is 18.0 Å². The van der Waals surface area contributed by atoms with Gasteiger partial charge in [0.1, 0.15) is 18.2 Å². The van der Waals surface area contributed by atoms with Gasteiger partial charge in [-0.2, -0.15) is 0 Å². The van der Waals surface area contributed by atoms with Gasteiger partial charge in [0.25, 0.3) is 0 Å². The molecule has 2 N–H and O–H groups in total. The molecule has 1 fully saturated rings. The molecule has 2 aromatic carbocycles. The number of carboxylic acids is 1. The fourth-order valence-electron chi connectivity index (χ4n) is 4.34. The number of alkyl carbamates (subject to hydrolysis) is 1. The summed E-state index contributed by atoms with van der Waals surface area (Å²) < 4.78 is 5.60. The second-order valence-electron chi connectivity index (χ2n) is 9.46. The van der Waals surface area contributed by atoms with Gasteiger partial charge < -0.3 is 20.1 Å². The summed E-state index contributed by atoms with van der Waals surface area (Å²) in [5.74, 6) is -1.25. The number of fused-ring (bicyclic) bond motifs is 3. The van der Waals surface area contributed by atoms with Crippen LogP contribution in [0.1, 0.15) is 50.2 Å². The predicted octanol–water partition coefficient (Wildman–Crippen LogP) is 4.02. The molecule has 2 aliphatic carbocycles. The summed E-state index contributed by atoms with van der Waals surface area (Å²) in [5.41, 5.74) is 3.12. The fourth-order valence-corrected chi connectivity index (χ4v) is 4.34. The molecule has 0 aromatic heterocycles. The van der Waals surface area contributed by atoms with Crippen LogP contribution in [0.25, 0.3) is 11.1 Å². The van der Waals surface area contributed by atoms with Gasteiger partial charge in [0.05, 0.1) is 0 Å². The number of carboxylic acid groups (broad SMARTS) is 1. The van der Waals surface area contributed by atoms with E-state index in [-0.39, 0.29) is 12.5 Å². The summed E-state index contributed by atoms with van der Waals surface area (Å²) in [7, 11) is 1.45. The molecule has 2 aromatic rings. The van der Waals surface area contributed by atoms with Crippen LogP contribution in [0.3, 0.4) is 0 Å². The van der Waals surface area contributed by atoms with Crippen LogP contribution in [-0.4, -0.2) is 53.2 Å².